The van der Waals surface area contributed by atoms with Crippen molar-refractivity contribution < 1.29 is 4.79 Å². The Balaban J connectivity index is 1.69. The summed E-state index contributed by atoms with van der Waals surface area (Å²) in [5.41, 5.74) is 1.10. The van der Waals surface area contributed by atoms with Crippen LogP contribution >= 0.6 is 11.3 Å². The smallest absolute Gasteiger partial charge is 0.223 e. The zero-order chi connectivity index (χ0) is 11.5. The molecule has 0 aromatic carbocycles. The number of carbonyl (C=O) groups excluding carboxylic acids is 1. The van der Waals surface area contributed by atoms with Crippen LogP contribution in [0.1, 0.15) is 31.0 Å². The Kier molecular flexibility index (Phi) is 3.59. The fourth-order valence-electron chi connectivity index (χ4n) is 1.76. The molecule has 1 aromatic heterocycles. The summed E-state index contributed by atoms with van der Waals surface area (Å²) >= 11 is 1.70. The normalized spacial score (nSPS) is 23.1. The quantitative estimate of drug-likeness (QED) is 0.852. The highest BCUT2D eigenvalue weighted by Gasteiger charge is 2.38. The molecule has 88 valence electrons. The average Bonchev–Trinajstić information content (AvgIpc) is 2.83. The summed E-state index contributed by atoms with van der Waals surface area (Å²) in [5, 5.41) is 6.24. The van der Waals surface area contributed by atoms with Gasteiger partial charge in [-0.25, -0.2) is 4.98 Å². The van der Waals surface area contributed by atoms with E-state index in [0.717, 1.165) is 31.5 Å². The number of hydrogen-bond donors (Lipinski definition) is 1. The molecule has 16 heavy (non-hydrogen) atoms. The van der Waals surface area contributed by atoms with Crippen molar-refractivity contribution in [1.29, 1.82) is 0 Å². The molecule has 0 aliphatic heterocycles. The topological polar surface area (TPSA) is 42.0 Å². The van der Waals surface area contributed by atoms with Gasteiger partial charge in [0.1, 0.15) is 0 Å². The Morgan fingerprint density at radius 2 is 2.44 bits per heavy atom. The van der Waals surface area contributed by atoms with Crippen LogP contribution in [0.15, 0.2) is 5.38 Å². The lowest BCUT2D eigenvalue weighted by Crippen LogP contribution is -2.27. The van der Waals surface area contributed by atoms with Crippen LogP contribution in [0.5, 0.6) is 0 Å². The zero-order valence-corrected chi connectivity index (χ0v) is 10.6. The summed E-state index contributed by atoms with van der Waals surface area (Å²) in [6.07, 6.45) is 2.91. The molecule has 1 amide bonds. The summed E-state index contributed by atoms with van der Waals surface area (Å²) in [6.45, 7) is 4.95. The van der Waals surface area contributed by atoms with Crippen molar-refractivity contribution in [2.75, 3.05) is 6.54 Å². The number of hydrogen-bond acceptors (Lipinski definition) is 3. The van der Waals surface area contributed by atoms with E-state index in [9.17, 15) is 4.79 Å². The molecular weight excluding hydrogens is 220 g/mol. The Labute approximate surface area is 100 Å². The van der Waals surface area contributed by atoms with E-state index in [1.54, 1.807) is 11.3 Å². The molecular formula is C12H18N2OS. The Hall–Kier alpha value is -0.900. The second kappa shape index (κ2) is 4.95. The number of carbonyl (C=O) groups is 1. The molecule has 1 aliphatic carbocycles. The second-order valence-corrected chi connectivity index (χ2v) is 5.39. The molecule has 1 N–H and O–H groups in total. The van der Waals surface area contributed by atoms with Crippen molar-refractivity contribution in [3.8, 4) is 0 Å². The van der Waals surface area contributed by atoms with Crippen LogP contribution in [-0.4, -0.2) is 17.4 Å². The molecule has 3 nitrogen and oxygen atoms in total. The fraction of sp³-hybridized carbons (Fsp3) is 0.667. The lowest BCUT2D eigenvalue weighted by Gasteiger charge is -2.02. The van der Waals surface area contributed by atoms with Gasteiger partial charge in [0.2, 0.25) is 5.91 Å². The van der Waals surface area contributed by atoms with Crippen molar-refractivity contribution in [3.63, 3.8) is 0 Å². The maximum absolute atomic E-state index is 11.5. The Morgan fingerprint density at radius 3 is 3.00 bits per heavy atom. The summed E-state index contributed by atoms with van der Waals surface area (Å²) in [5.74, 6) is 1.09. The van der Waals surface area contributed by atoms with Crippen molar-refractivity contribution >= 4 is 17.2 Å². The van der Waals surface area contributed by atoms with Gasteiger partial charge in [0.15, 0.2) is 0 Å². The van der Waals surface area contributed by atoms with Crippen molar-refractivity contribution in [1.82, 2.24) is 10.3 Å². The third-order valence-corrected chi connectivity index (χ3v) is 4.07. The van der Waals surface area contributed by atoms with Crippen LogP contribution in [-0.2, 0) is 17.6 Å². The highest BCUT2D eigenvalue weighted by atomic mass is 32.1. The summed E-state index contributed by atoms with van der Waals surface area (Å²) < 4.78 is 0. The van der Waals surface area contributed by atoms with Crippen molar-refractivity contribution in [3.05, 3.63) is 16.1 Å². The fourth-order valence-corrected chi connectivity index (χ4v) is 2.54. The number of rotatable bonds is 5. The molecule has 1 saturated carbocycles. The monoisotopic (exact) mass is 238 g/mol. The Morgan fingerprint density at radius 1 is 1.69 bits per heavy atom. The molecule has 1 aliphatic rings. The van der Waals surface area contributed by atoms with Gasteiger partial charge in [-0.3, -0.25) is 4.79 Å². The number of nitrogens with zero attached hydrogens (tertiary/aromatic N) is 1. The van der Waals surface area contributed by atoms with Crippen molar-refractivity contribution in [2.45, 2.75) is 33.1 Å². The van der Waals surface area contributed by atoms with Crippen LogP contribution < -0.4 is 5.32 Å². The maximum Gasteiger partial charge on any atom is 0.223 e. The van der Waals surface area contributed by atoms with E-state index in [1.165, 1.54) is 5.01 Å². The van der Waals surface area contributed by atoms with E-state index >= 15 is 0 Å². The number of aromatic nitrogens is 1. The highest BCUT2D eigenvalue weighted by molar-refractivity contribution is 7.09. The first-order valence-corrected chi connectivity index (χ1v) is 6.79. The molecule has 0 spiro atoms. The summed E-state index contributed by atoms with van der Waals surface area (Å²) in [4.78, 5) is 16.0. The van der Waals surface area contributed by atoms with E-state index in [4.69, 9.17) is 0 Å². The van der Waals surface area contributed by atoms with Crippen LogP contribution in [0.25, 0.3) is 0 Å². The maximum atomic E-state index is 11.5. The molecule has 0 radical (unpaired) electrons. The first kappa shape index (κ1) is 11.6. The molecule has 0 unspecified atom stereocenters. The lowest BCUT2D eigenvalue weighted by molar-refractivity contribution is -0.122. The number of thiazole rings is 1. The van der Waals surface area contributed by atoms with Crippen molar-refractivity contribution in [2.24, 2.45) is 11.8 Å². The third kappa shape index (κ3) is 2.82. The zero-order valence-electron chi connectivity index (χ0n) is 9.82. The summed E-state index contributed by atoms with van der Waals surface area (Å²) in [7, 11) is 0. The van der Waals surface area contributed by atoms with Gasteiger partial charge in [0.25, 0.3) is 0 Å². The van der Waals surface area contributed by atoms with E-state index in [1.807, 2.05) is 0 Å². The van der Waals surface area contributed by atoms with Gasteiger partial charge >= 0.3 is 0 Å². The van der Waals surface area contributed by atoms with Crippen LogP contribution in [0.3, 0.4) is 0 Å². The molecule has 1 fully saturated rings. The lowest BCUT2D eigenvalue weighted by atomic mass is 10.3. The van der Waals surface area contributed by atoms with Crippen LogP contribution in [0.2, 0.25) is 0 Å². The predicted octanol–water partition coefficient (Wildman–Crippen LogP) is 2.02. The van der Waals surface area contributed by atoms with E-state index in [2.05, 4.69) is 29.5 Å². The first-order chi connectivity index (χ1) is 7.70. The van der Waals surface area contributed by atoms with Gasteiger partial charge in [-0.05, 0) is 18.8 Å². The van der Waals surface area contributed by atoms with Gasteiger partial charge in [-0.1, -0.05) is 13.8 Å². The molecule has 2 rings (SSSR count). The predicted molar refractivity (Wildman–Crippen MR) is 65.5 cm³/mol. The second-order valence-electron chi connectivity index (χ2n) is 4.45. The first-order valence-electron chi connectivity index (χ1n) is 5.91. The van der Waals surface area contributed by atoms with Gasteiger partial charge in [-0.15, -0.1) is 11.3 Å². The van der Waals surface area contributed by atoms with Crippen LogP contribution in [0.4, 0.5) is 0 Å². The van der Waals surface area contributed by atoms with Gasteiger partial charge in [0, 0.05) is 24.3 Å². The van der Waals surface area contributed by atoms with Gasteiger partial charge < -0.3 is 5.32 Å². The van der Waals surface area contributed by atoms with Crippen LogP contribution in [0, 0.1) is 11.8 Å². The minimum atomic E-state index is 0.221. The molecule has 2 atom stereocenters. The largest absolute Gasteiger partial charge is 0.355 e. The van der Waals surface area contributed by atoms with Gasteiger partial charge in [-0.2, -0.15) is 0 Å². The third-order valence-electron chi connectivity index (χ3n) is 3.03. The average molecular weight is 238 g/mol. The number of aryl methyl sites for hydroxylation is 1. The van der Waals surface area contributed by atoms with E-state index in [-0.39, 0.29) is 11.8 Å². The van der Waals surface area contributed by atoms with E-state index in [0.29, 0.717) is 5.92 Å². The number of amides is 1. The Bertz CT molecular complexity index is 375. The molecule has 0 saturated heterocycles. The van der Waals surface area contributed by atoms with Gasteiger partial charge in [0.05, 0.1) is 10.7 Å². The molecule has 1 heterocycles. The SMILES string of the molecule is CCc1nc(CCNC(=O)[C@H]2C[C@@H]2C)cs1. The summed E-state index contributed by atoms with van der Waals surface area (Å²) in [6, 6.07) is 0. The standard InChI is InChI=1S/C12H18N2OS/c1-3-11-14-9(7-16-11)4-5-13-12(15)10-6-8(10)2/h7-8,10H,3-6H2,1-2H3,(H,13,15)/t8-,10-/m0/s1. The number of nitrogens with one attached hydrogen (secondary N) is 1. The molecule has 1 aromatic rings. The highest BCUT2D eigenvalue weighted by Crippen LogP contribution is 2.37. The molecule has 4 heteroatoms. The van der Waals surface area contributed by atoms with E-state index < -0.39 is 0 Å². The minimum absolute atomic E-state index is 0.221. The minimum Gasteiger partial charge on any atom is -0.355 e. The molecule has 0 bridgehead atoms.